The van der Waals surface area contributed by atoms with Gasteiger partial charge in [-0.3, -0.25) is 4.79 Å². The van der Waals surface area contributed by atoms with Gasteiger partial charge in [0.25, 0.3) is 5.91 Å². The third kappa shape index (κ3) is 6.05. The van der Waals surface area contributed by atoms with Crippen molar-refractivity contribution in [1.82, 2.24) is 10.3 Å². The fraction of sp³-hybridized carbons (Fsp3) is 0.292. The fourth-order valence-corrected chi connectivity index (χ4v) is 3.23. The van der Waals surface area contributed by atoms with E-state index in [-0.39, 0.29) is 29.5 Å². The van der Waals surface area contributed by atoms with Crippen LogP contribution in [0.1, 0.15) is 34.7 Å². The smallest absolute Gasteiger partial charge is 0.404 e. The zero-order chi connectivity index (χ0) is 24.9. The van der Waals surface area contributed by atoms with Gasteiger partial charge in [0.15, 0.2) is 29.6 Å². The van der Waals surface area contributed by atoms with Gasteiger partial charge in [-0.25, -0.2) is 18.6 Å². The molecule has 35 heavy (non-hydrogen) atoms. The molecule has 1 aliphatic carbocycles. The van der Waals surface area contributed by atoms with Crippen LogP contribution in [0.15, 0.2) is 40.8 Å². The summed E-state index contributed by atoms with van der Waals surface area (Å²) in [6.45, 7) is -0.126. The van der Waals surface area contributed by atoms with Crippen molar-refractivity contribution in [3.05, 3.63) is 65.1 Å². The molecule has 1 fully saturated rings. The lowest BCUT2D eigenvalue weighted by atomic mass is 10.2. The van der Waals surface area contributed by atoms with Crippen molar-refractivity contribution < 1.29 is 37.0 Å². The minimum atomic E-state index is -1.07. The number of hydrogen-bond acceptors (Lipinski definition) is 7. The molecule has 0 aliphatic heterocycles. The Balaban J connectivity index is 1.58. The summed E-state index contributed by atoms with van der Waals surface area (Å²) in [6, 6.07) is 8.03. The van der Waals surface area contributed by atoms with Gasteiger partial charge in [-0.2, -0.15) is 0 Å². The summed E-state index contributed by atoms with van der Waals surface area (Å²) in [5, 5.41) is 2.50. The molecule has 11 heteroatoms. The molecule has 3 N–H and O–H groups in total. The Hall–Kier alpha value is -4.15. The quantitative estimate of drug-likeness (QED) is 0.444. The number of amides is 2. The number of primary amides is 1. The van der Waals surface area contributed by atoms with Crippen molar-refractivity contribution in [3.63, 3.8) is 0 Å². The van der Waals surface area contributed by atoms with Gasteiger partial charge in [-0.1, -0.05) is 6.07 Å². The van der Waals surface area contributed by atoms with Gasteiger partial charge < -0.3 is 29.7 Å². The van der Waals surface area contributed by atoms with E-state index < -0.39 is 30.2 Å². The van der Waals surface area contributed by atoms with Crippen LogP contribution in [0, 0.1) is 17.6 Å². The lowest BCUT2D eigenvalue weighted by Gasteiger charge is -2.11. The zero-order valence-corrected chi connectivity index (χ0v) is 18.8. The third-order valence-corrected chi connectivity index (χ3v) is 5.29. The molecule has 0 atom stereocenters. The first-order chi connectivity index (χ1) is 16.8. The Morgan fingerprint density at radius 2 is 1.97 bits per heavy atom. The van der Waals surface area contributed by atoms with Crippen molar-refractivity contribution in [1.29, 1.82) is 0 Å². The number of hydrogen-bond donors (Lipinski definition) is 2. The molecule has 0 bridgehead atoms. The second-order valence-electron chi connectivity index (χ2n) is 7.94. The molecule has 0 spiro atoms. The Bertz CT molecular complexity index is 1240. The van der Waals surface area contributed by atoms with Crippen molar-refractivity contribution in [2.75, 3.05) is 13.7 Å². The summed E-state index contributed by atoms with van der Waals surface area (Å²) >= 11 is 0. The van der Waals surface area contributed by atoms with Gasteiger partial charge >= 0.3 is 6.09 Å². The molecule has 184 valence electrons. The van der Waals surface area contributed by atoms with E-state index in [0.29, 0.717) is 35.7 Å². The third-order valence-electron chi connectivity index (χ3n) is 5.29. The van der Waals surface area contributed by atoms with Gasteiger partial charge in [-0.05, 0) is 43.0 Å². The molecule has 1 saturated carbocycles. The summed E-state index contributed by atoms with van der Waals surface area (Å²) in [7, 11) is 1.52. The molecule has 1 aliphatic rings. The first-order valence-corrected chi connectivity index (χ1v) is 10.8. The molecule has 3 aromatic rings. The minimum Gasteiger partial charge on any atom is -0.493 e. The van der Waals surface area contributed by atoms with Crippen molar-refractivity contribution in [2.45, 2.75) is 26.0 Å². The predicted octanol–water partition coefficient (Wildman–Crippen LogP) is 3.94. The number of halogens is 2. The maximum absolute atomic E-state index is 13.9. The lowest BCUT2D eigenvalue weighted by molar-refractivity contribution is 0.0937. The van der Waals surface area contributed by atoms with Crippen LogP contribution < -0.4 is 20.5 Å². The molecule has 9 nitrogen and oxygen atoms in total. The molecule has 1 heterocycles. The molecule has 0 saturated heterocycles. The van der Waals surface area contributed by atoms with E-state index in [0.717, 1.165) is 18.9 Å². The highest BCUT2D eigenvalue weighted by atomic mass is 19.1. The van der Waals surface area contributed by atoms with E-state index in [4.69, 9.17) is 24.4 Å². The molecule has 2 aromatic carbocycles. The largest absolute Gasteiger partial charge is 0.493 e. The van der Waals surface area contributed by atoms with E-state index in [1.807, 2.05) is 0 Å². The molecule has 0 unspecified atom stereocenters. The van der Waals surface area contributed by atoms with E-state index in [2.05, 4.69) is 10.3 Å². The van der Waals surface area contributed by atoms with E-state index >= 15 is 0 Å². The predicted molar refractivity (Wildman–Crippen MR) is 119 cm³/mol. The number of ether oxygens (including phenoxy) is 3. The number of methoxy groups -OCH3 is 1. The zero-order valence-electron chi connectivity index (χ0n) is 18.8. The van der Waals surface area contributed by atoms with E-state index in [1.165, 1.54) is 13.2 Å². The van der Waals surface area contributed by atoms with Crippen LogP contribution in [0.25, 0.3) is 11.5 Å². The monoisotopic (exact) mass is 487 g/mol. The Morgan fingerprint density at radius 1 is 1.17 bits per heavy atom. The van der Waals surface area contributed by atoms with Crippen LogP contribution in [0.5, 0.6) is 11.5 Å². The van der Waals surface area contributed by atoms with Gasteiger partial charge in [0.05, 0.1) is 13.7 Å². The molecule has 4 rings (SSSR count). The van der Waals surface area contributed by atoms with Gasteiger partial charge in [-0.15, -0.1) is 0 Å². The van der Waals surface area contributed by atoms with Crippen LogP contribution >= 0.6 is 0 Å². The standard InChI is InChI=1S/C24H23F2N3O6/c1-32-18-7-5-14(8-19(18)33-11-13-2-3-13)23-29-21(20(35-23)12-34-24(27)31)22(30)28-10-15-4-6-16(25)9-17(15)26/h4-9,13H,2-3,10-12H2,1H3,(H2,27,31)(H,28,30). The maximum Gasteiger partial charge on any atom is 0.404 e. The van der Waals surface area contributed by atoms with Crippen LogP contribution in [0.3, 0.4) is 0 Å². The second-order valence-corrected chi connectivity index (χ2v) is 7.94. The van der Waals surface area contributed by atoms with E-state index in [1.54, 1.807) is 18.2 Å². The van der Waals surface area contributed by atoms with Gasteiger partial charge in [0, 0.05) is 23.7 Å². The highest BCUT2D eigenvalue weighted by Crippen LogP contribution is 2.36. The average Bonchev–Trinajstić information content (AvgIpc) is 3.57. The summed E-state index contributed by atoms with van der Waals surface area (Å²) in [5.74, 6) is -0.725. The summed E-state index contributed by atoms with van der Waals surface area (Å²) in [4.78, 5) is 28.2. The average molecular weight is 487 g/mol. The molecular weight excluding hydrogens is 464 g/mol. The number of rotatable bonds is 10. The number of nitrogens with zero attached hydrogens (tertiary/aromatic N) is 1. The molecular formula is C24H23F2N3O6. The summed E-state index contributed by atoms with van der Waals surface area (Å²) in [5.41, 5.74) is 5.42. The lowest BCUT2D eigenvalue weighted by Crippen LogP contribution is -2.25. The molecule has 0 radical (unpaired) electrons. The second kappa shape index (κ2) is 10.4. The number of carbonyl (C=O) groups excluding carboxylic acids is 2. The van der Waals surface area contributed by atoms with Crippen molar-refractivity contribution in [2.24, 2.45) is 11.7 Å². The van der Waals surface area contributed by atoms with Gasteiger partial charge in [0.1, 0.15) is 11.6 Å². The van der Waals surface area contributed by atoms with Crippen LogP contribution in [-0.4, -0.2) is 30.7 Å². The number of nitrogens with two attached hydrogens (primary N) is 1. The van der Waals surface area contributed by atoms with Crippen LogP contribution in [0.4, 0.5) is 13.6 Å². The van der Waals surface area contributed by atoms with Crippen molar-refractivity contribution in [3.8, 4) is 23.0 Å². The first kappa shape index (κ1) is 24.0. The number of oxazole rings is 1. The Kier molecular flexibility index (Phi) is 7.14. The minimum absolute atomic E-state index is 0.0603. The fourth-order valence-electron chi connectivity index (χ4n) is 3.23. The number of benzene rings is 2. The van der Waals surface area contributed by atoms with Crippen LogP contribution in [0.2, 0.25) is 0 Å². The van der Waals surface area contributed by atoms with Gasteiger partial charge in [0.2, 0.25) is 5.89 Å². The number of carbonyl (C=O) groups is 2. The normalized spacial score (nSPS) is 12.8. The Labute approximate surface area is 199 Å². The van der Waals surface area contributed by atoms with E-state index in [9.17, 15) is 18.4 Å². The first-order valence-electron chi connectivity index (χ1n) is 10.8. The molecule has 2 amide bonds. The highest BCUT2D eigenvalue weighted by molar-refractivity contribution is 5.93. The van der Waals surface area contributed by atoms with Crippen LogP contribution in [-0.2, 0) is 17.9 Å². The van der Waals surface area contributed by atoms with Crippen molar-refractivity contribution >= 4 is 12.0 Å². The number of nitrogens with one attached hydrogen (secondary N) is 1. The SMILES string of the molecule is COc1ccc(-c2nc(C(=O)NCc3ccc(F)cc3F)c(COC(N)=O)o2)cc1OCC1CC1. The summed E-state index contributed by atoms with van der Waals surface area (Å²) < 4.78 is 48.7. The highest BCUT2D eigenvalue weighted by Gasteiger charge is 2.25. The molecule has 1 aromatic heterocycles. The number of aromatic nitrogens is 1. The summed E-state index contributed by atoms with van der Waals surface area (Å²) in [6.07, 6.45) is 1.17. The topological polar surface area (TPSA) is 126 Å². The Morgan fingerprint density at radius 3 is 2.66 bits per heavy atom. The maximum atomic E-state index is 13.9.